The van der Waals surface area contributed by atoms with Crippen LogP contribution in [0.4, 0.5) is 0 Å². The van der Waals surface area contributed by atoms with Crippen LogP contribution in [0.1, 0.15) is 251 Å². The lowest BCUT2D eigenvalue weighted by Crippen LogP contribution is -2.18. The summed E-state index contributed by atoms with van der Waals surface area (Å²) in [5.74, 6) is -0.694. The first-order valence-electron chi connectivity index (χ1n) is 21.7. The second-order valence-electron chi connectivity index (χ2n) is 14.9. The highest BCUT2D eigenvalue weighted by atomic mass is 16.5. The van der Waals surface area contributed by atoms with E-state index in [0.717, 1.165) is 64.2 Å². The molecule has 0 aromatic carbocycles. The summed E-state index contributed by atoms with van der Waals surface area (Å²) in [6, 6.07) is 0. The number of carbonyl (C=O) groups excluding carboxylic acids is 1. The van der Waals surface area contributed by atoms with Crippen molar-refractivity contribution in [2.45, 2.75) is 258 Å². The van der Waals surface area contributed by atoms with Crippen LogP contribution in [-0.4, -0.2) is 23.1 Å². The monoisotopic (exact) mass is 677 g/mol. The molecule has 0 aromatic heterocycles. The molecule has 284 valence electrons. The van der Waals surface area contributed by atoms with E-state index < -0.39 is 5.97 Å². The normalized spacial score (nSPS) is 12.2. The molecule has 4 nitrogen and oxygen atoms in total. The number of allylic oxidation sites excluding steroid dienone is 2. The number of hydrogen-bond donors (Lipinski definition) is 1. The van der Waals surface area contributed by atoms with Crippen LogP contribution in [0.25, 0.3) is 0 Å². The number of ether oxygens (including phenoxy) is 1. The number of esters is 1. The Morgan fingerprint density at radius 2 is 0.750 bits per heavy atom. The van der Waals surface area contributed by atoms with E-state index in [-0.39, 0.29) is 18.5 Å². The first kappa shape index (κ1) is 46.7. The van der Waals surface area contributed by atoms with Gasteiger partial charge in [0.25, 0.3) is 0 Å². The van der Waals surface area contributed by atoms with Gasteiger partial charge in [0, 0.05) is 12.8 Å². The minimum atomic E-state index is -0.697. The Kier molecular flexibility index (Phi) is 39.0. The van der Waals surface area contributed by atoms with E-state index in [0.29, 0.717) is 6.42 Å². The van der Waals surface area contributed by atoms with E-state index in [1.807, 2.05) is 0 Å². The molecule has 0 aliphatic heterocycles. The number of carboxylic acids is 1. The topological polar surface area (TPSA) is 63.6 Å². The molecule has 48 heavy (non-hydrogen) atoms. The van der Waals surface area contributed by atoms with Gasteiger partial charge < -0.3 is 9.84 Å². The van der Waals surface area contributed by atoms with Crippen LogP contribution in [0.15, 0.2) is 12.2 Å². The van der Waals surface area contributed by atoms with Crippen LogP contribution < -0.4 is 0 Å². The maximum absolute atomic E-state index is 12.7. The number of hydrogen-bond acceptors (Lipinski definition) is 3. The quantitative estimate of drug-likeness (QED) is 0.0398. The zero-order chi connectivity index (χ0) is 35.0. The Morgan fingerprint density at radius 3 is 1.12 bits per heavy atom. The van der Waals surface area contributed by atoms with Crippen LogP contribution >= 0.6 is 0 Å². The Labute approximate surface area is 300 Å². The number of unbranched alkanes of at least 4 members (excludes halogenated alkanes) is 29. The van der Waals surface area contributed by atoms with Crippen molar-refractivity contribution in [3.05, 3.63) is 12.2 Å². The molecule has 1 N–H and O–H groups in total. The van der Waals surface area contributed by atoms with Crippen LogP contribution in [0.5, 0.6) is 0 Å². The van der Waals surface area contributed by atoms with E-state index in [1.165, 1.54) is 161 Å². The Bertz CT molecular complexity index is 687. The van der Waals surface area contributed by atoms with Crippen molar-refractivity contribution in [1.29, 1.82) is 0 Å². The van der Waals surface area contributed by atoms with Gasteiger partial charge in [-0.05, 0) is 64.2 Å². The fourth-order valence-corrected chi connectivity index (χ4v) is 6.77. The van der Waals surface area contributed by atoms with Gasteiger partial charge in [-0.1, -0.05) is 187 Å². The zero-order valence-electron chi connectivity index (χ0n) is 32.6. The van der Waals surface area contributed by atoms with Crippen LogP contribution in [-0.2, 0) is 14.3 Å². The number of aliphatic carboxylic acids is 1. The van der Waals surface area contributed by atoms with Crippen molar-refractivity contribution in [2.24, 2.45) is 0 Å². The average Bonchev–Trinajstić information content (AvgIpc) is 3.07. The third kappa shape index (κ3) is 39.1. The molecule has 0 rings (SSSR count). The summed E-state index contributed by atoms with van der Waals surface area (Å²) in [6.07, 6.45) is 49.5. The molecule has 0 aromatic rings. The van der Waals surface area contributed by atoms with Gasteiger partial charge in [0.2, 0.25) is 0 Å². The molecule has 1 unspecified atom stereocenters. The minimum Gasteiger partial charge on any atom is -0.481 e. The van der Waals surface area contributed by atoms with E-state index in [4.69, 9.17) is 9.84 Å². The Balaban J connectivity index is 3.95. The second kappa shape index (κ2) is 40.1. The Hall–Kier alpha value is -1.32. The van der Waals surface area contributed by atoms with Crippen molar-refractivity contribution in [2.75, 3.05) is 0 Å². The van der Waals surface area contributed by atoms with Gasteiger partial charge in [0.05, 0.1) is 0 Å². The largest absolute Gasteiger partial charge is 0.481 e. The second-order valence-corrected chi connectivity index (χ2v) is 14.9. The van der Waals surface area contributed by atoms with E-state index in [9.17, 15) is 9.59 Å². The predicted molar refractivity (Wildman–Crippen MR) is 209 cm³/mol. The fourth-order valence-electron chi connectivity index (χ4n) is 6.77. The molecule has 0 saturated heterocycles. The highest BCUT2D eigenvalue weighted by Crippen LogP contribution is 2.19. The lowest BCUT2D eigenvalue weighted by Gasteiger charge is -2.18. The molecule has 0 aliphatic rings. The predicted octanol–water partition coefficient (Wildman–Crippen LogP) is 15.0. The SMILES string of the molecule is CCCCCCCCC/C=C\CCCCCCCCCC(=O)OC(CCCCCCCCCCCCCC)CCCCCCCC(=O)O. The van der Waals surface area contributed by atoms with Crippen molar-refractivity contribution >= 4 is 11.9 Å². The summed E-state index contributed by atoms with van der Waals surface area (Å²) in [7, 11) is 0. The number of rotatable bonds is 40. The molecule has 0 saturated carbocycles. The molecule has 0 radical (unpaired) electrons. The minimum absolute atomic E-state index is 0.00340. The molecule has 0 fully saturated rings. The van der Waals surface area contributed by atoms with E-state index >= 15 is 0 Å². The summed E-state index contributed by atoms with van der Waals surface area (Å²) >= 11 is 0. The number of carbonyl (C=O) groups is 2. The first-order valence-corrected chi connectivity index (χ1v) is 21.7. The van der Waals surface area contributed by atoms with Crippen molar-refractivity contribution in [3.8, 4) is 0 Å². The molecule has 0 amide bonds. The highest BCUT2D eigenvalue weighted by Gasteiger charge is 2.14. The third-order valence-corrected chi connectivity index (χ3v) is 9.99. The van der Waals surface area contributed by atoms with Gasteiger partial charge in [0.15, 0.2) is 0 Å². The van der Waals surface area contributed by atoms with Gasteiger partial charge in [-0.25, -0.2) is 0 Å². The standard InChI is InChI=1S/C44H84O4/c1-3-5-7-9-11-13-15-17-18-19-20-21-22-24-26-28-33-37-41-44(47)48-42(39-35-31-29-32-36-40-43(45)46)38-34-30-27-25-23-16-14-12-10-8-6-4-2/h18-19,42H,3-17,20-41H2,1-2H3,(H,45,46)/b19-18-. The maximum atomic E-state index is 12.7. The molecule has 1 atom stereocenters. The summed E-state index contributed by atoms with van der Waals surface area (Å²) in [5, 5.41) is 8.83. The zero-order valence-corrected chi connectivity index (χ0v) is 32.6. The average molecular weight is 677 g/mol. The molecule has 4 heteroatoms. The van der Waals surface area contributed by atoms with E-state index in [1.54, 1.807) is 0 Å². The highest BCUT2D eigenvalue weighted by molar-refractivity contribution is 5.69. The lowest BCUT2D eigenvalue weighted by atomic mass is 10.0. The first-order chi connectivity index (χ1) is 23.6. The molecular formula is C44H84O4. The van der Waals surface area contributed by atoms with Gasteiger partial charge >= 0.3 is 11.9 Å². The summed E-state index contributed by atoms with van der Waals surface area (Å²) in [5.41, 5.74) is 0. The third-order valence-electron chi connectivity index (χ3n) is 9.99. The van der Waals surface area contributed by atoms with Crippen molar-refractivity contribution in [3.63, 3.8) is 0 Å². The lowest BCUT2D eigenvalue weighted by molar-refractivity contribution is -0.150. The van der Waals surface area contributed by atoms with Crippen LogP contribution in [0.2, 0.25) is 0 Å². The fraction of sp³-hybridized carbons (Fsp3) is 0.909. The summed E-state index contributed by atoms with van der Waals surface area (Å²) in [4.78, 5) is 23.4. The maximum Gasteiger partial charge on any atom is 0.306 e. The number of carboxylic acid groups (broad SMARTS) is 1. The van der Waals surface area contributed by atoms with Crippen LogP contribution in [0.3, 0.4) is 0 Å². The van der Waals surface area contributed by atoms with Crippen molar-refractivity contribution < 1.29 is 19.4 Å². The van der Waals surface area contributed by atoms with Gasteiger partial charge in [-0.3, -0.25) is 9.59 Å². The van der Waals surface area contributed by atoms with Gasteiger partial charge in [-0.15, -0.1) is 0 Å². The van der Waals surface area contributed by atoms with Gasteiger partial charge in [-0.2, -0.15) is 0 Å². The van der Waals surface area contributed by atoms with E-state index in [2.05, 4.69) is 26.0 Å². The summed E-state index contributed by atoms with van der Waals surface area (Å²) in [6.45, 7) is 4.56. The van der Waals surface area contributed by atoms with Crippen molar-refractivity contribution in [1.82, 2.24) is 0 Å². The van der Waals surface area contributed by atoms with Crippen LogP contribution in [0, 0.1) is 0 Å². The summed E-state index contributed by atoms with van der Waals surface area (Å²) < 4.78 is 6.02. The Morgan fingerprint density at radius 1 is 0.438 bits per heavy atom. The molecular weight excluding hydrogens is 592 g/mol. The molecule has 0 heterocycles. The molecule has 0 spiro atoms. The molecule has 0 aliphatic carbocycles. The van der Waals surface area contributed by atoms with Gasteiger partial charge in [0.1, 0.15) is 6.10 Å². The smallest absolute Gasteiger partial charge is 0.306 e. The molecule has 0 bridgehead atoms.